The molecule has 1 saturated carbocycles. The highest BCUT2D eigenvalue weighted by molar-refractivity contribution is 7.17. The molecule has 0 atom stereocenters. The van der Waals surface area contributed by atoms with Crippen LogP contribution in [0.15, 0.2) is 52.0 Å². The van der Waals surface area contributed by atoms with Crippen molar-refractivity contribution in [2.75, 3.05) is 11.9 Å². The zero-order valence-corrected chi connectivity index (χ0v) is 18.5. The molecule has 6 rings (SSSR count). The highest BCUT2D eigenvalue weighted by Crippen LogP contribution is 2.43. The molecule has 0 spiro atoms. The third-order valence-corrected chi connectivity index (χ3v) is 7.35. The standard InChI is InChI=1S/C23H19N5OS2/c1-28(11-17-24-16-9-10-30-19(16)22(29)25-17)21-18-15(13-5-3-2-4-6-13)12-31-23(18)27-20(26-21)14-7-8-14/h2-6,9-10,12,14H,7-8,11H2,1H3,(H,24,25,29). The van der Waals surface area contributed by atoms with Gasteiger partial charge < -0.3 is 9.88 Å². The lowest BCUT2D eigenvalue weighted by atomic mass is 10.1. The van der Waals surface area contributed by atoms with E-state index in [0.717, 1.165) is 51.3 Å². The SMILES string of the molecule is CN(Cc1nc2ccsc2c(=O)[nH]1)c1nc(C2CC2)nc2scc(-c3ccccc3)c12. The Hall–Kier alpha value is -3.10. The minimum absolute atomic E-state index is 0.0876. The van der Waals surface area contributed by atoms with Gasteiger partial charge in [-0.1, -0.05) is 30.3 Å². The normalized spacial score (nSPS) is 13.8. The molecule has 31 heavy (non-hydrogen) atoms. The van der Waals surface area contributed by atoms with Crippen LogP contribution in [0.4, 0.5) is 5.82 Å². The van der Waals surface area contributed by atoms with E-state index in [2.05, 4.69) is 32.4 Å². The summed E-state index contributed by atoms with van der Waals surface area (Å²) in [6, 6.07) is 12.2. The molecule has 0 bridgehead atoms. The highest BCUT2D eigenvalue weighted by Gasteiger charge is 2.29. The van der Waals surface area contributed by atoms with Gasteiger partial charge in [-0.25, -0.2) is 15.0 Å². The Morgan fingerprint density at radius 1 is 1.10 bits per heavy atom. The van der Waals surface area contributed by atoms with E-state index >= 15 is 0 Å². The second kappa shape index (κ2) is 7.25. The number of anilines is 1. The molecule has 1 N–H and O–H groups in total. The number of aromatic amines is 1. The van der Waals surface area contributed by atoms with Gasteiger partial charge in [-0.05, 0) is 29.9 Å². The summed E-state index contributed by atoms with van der Waals surface area (Å²) in [5, 5.41) is 5.12. The van der Waals surface area contributed by atoms with Crippen molar-refractivity contribution in [2.45, 2.75) is 25.3 Å². The number of aromatic nitrogens is 4. The van der Waals surface area contributed by atoms with Crippen molar-refractivity contribution in [1.82, 2.24) is 19.9 Å². The fourth-order valence-corrected chi connectivity index (χ4v) is 5.54. The van der Waals surface area contributed by atoms with Gasteiger partial charge in [-0.3, -0.25) is 4.79 Å². The van der Waals surface area contributed by atoms with E-state index in [1.54, 1.807) is 11.3 Å². The number of hydrogen-bond acceptors (Lipinski definition) is 7. The van der Waals surface area contributed by atoms with Crippen molar-refractivity contribution in [3.63, 3.8) is 0 Å². The van der Waals surface area contributed by atoms with Gasteiger partial charge in [0.15, 0.2) is 0 Å². The van der Waals surface area contributed by atoms with Crippen molar-refractivity contribution in [3.05, 3.63) is 69.2 Å². The Labute approximate surface area is 186 Å². The number of benzene rings is 1. The third kappa shape index (κ3) is 3.32. The molecule has 4 aromatic heterocycles. The monoisotopic (exact) mass is 445 g/mol. The summed E-state index contributed by atoms with van der Waals surface area (Å²) >= 11 is 3.08. The molecule has 4 heterocycles. The molecule has 0 radical (unpaired) electrons. The molecule has 1 aromatic carbocycles. The van der Waals surface area contributed by atoms with E-state index in [1.165, 1.54) is 11.3 Å². The molecular weight excluding hydrogens is 426 g/mol. The predicted octanol–water partition coefficient (Wildman–Crippen LogP) is 5.17. The molecule has 1 fully saturated rings. The van der Waals surface area contributed by atoms with Crippen LogP contribution in [0.2, 0.25) is 0 Å². The first-order chi connectivity index (χ1) is 15.2. The van der Waals surface area contributed by atoms with Crippen molar-refractivity contribution < 1.29 is 0 Å². The molecule has 6 nitrogen and oxygen atoms in total. The molecule has 8 heteroatoms. The highest BCUT2D eigenvalue weighted by atomic mass is 32.1. The molecule has 0 saturated heterocycles. The second-order valence-electron chi connectivity index (χ2n) is 7.88. The second-order valence-corrected chi connectivity index (χ2v) is 9.65. The molecular formula is C23H19N5OS2. The summed E-state index contributed by atoms with van der Waals surface area (Å²) in [4.78, 5) is 33.0. The lowest BCUT2D eigenvalue weighted by Crippen LogP contribution is -2.22. The number of thiophene rings is 2. The topological polar surface area (TPSA) is 74.8 Å². The van der Waals surface area contributed by atoms with Crippen molar-refractivity contribution in [2.24, 2.45) is 0 Å². The van der Waals surface area contributed by atoms with Gasteiger partial charge in [0.2, 0.25) is 0 Å². The van der Waals surface area contributed by atoms with Crippen LogP contribution in [0, 0.1) is 0 Å². The summed E-state index contributed by atoms with van der Waals surface area (Å²) < 4.78 is 0.663. The Balaban J connectivity index is 1.47. The fourth-order valence-electron chi connectivity index (χ4n) is 3.87. The molecule has 0 unspecified atom stereocenters. The number of fused-ring (bicyclic) bond motifs is 2. The van der Waals surface area contributed by atoms with E-state index in [4.69, 9.17) is 9.97 Å². The number of nitrogens with zero attached hydrogens (tertiary/aromatic N) is 4. The van der Waals surface area contributed by atoms with Crippen LogP contribution in [0.25, 0.3) is 31.6 Å². The smallest absolute Gasteiger partial charge is 0.268 e. The zero-order valence-electron chi connectivity index (χ0n) is 16.8. The van der Waals surface area contributed by atoms with E-state index in [0.29, 0.717) is 23.0 Å². The van der Waals surface area contributed by atoms with Crippen LogP contribution in [0.3, 0.4) is 0 Å². The molecule has 154 valence electrons. The van der Waals surface area contributed by atoms with Crippen LogP contribution < -0.4 is 10.5 Å². The van der Waals surface area contributed by atoms with Crippen molar-refractivity contribution in [3.8, 4) is 11.1 Å². The van der Waals surface area contributed by atoms with Crippen LogP contribution >= 0.6 is 22.7 Å². The van der Waals surface area contributed by atoms with Gasteiger partial charge in [0.1, 0.15) is 27.0 Å². The van der Waals surface area contributed by atoms with Crippen LogP contribution in [-0.2, 0) is 6.54 Å². The Kier molecular flexibility index (Phi) is 4.36. The maximum absolute atomic E-state index is 12.4. The number of H-pyrrole nitrogens is 1. The average Bonchev–Trinajstić information content (AvgIpc) is 3.36. The quantitative estimate of drug-likeness (QED) is 0.404. The Morgan fingerprint density at radius 2 is 1.94 bits per heavy atom. The van der Waals surface area contributed by atoms with Gasteiger partial charge in [0.05, 0.1) is 17.4 Å². The van der Waals surface area contributed by atoms with E-state index < -0.39 is 0 Å². The summed E-state index contributed by atoms with van der Waals surface area (Å²) in [5.74, 6) is 2.90. The van der Waals surface area contributed by atoms with Crippen molar-refractivity contribution in [1.29, 1.82) is 0 Å². The maximum Gasteiger partial charge on any atom is 0.268 e. The van der Waals surface area contributed by atoms with Crippen LogP contribution in [0.1, 0.15) is 30.4 Å². The predicted molar refractivity (Wildman–Crippen MR) is 127 cm³/mol. The molecule has 5 aromatic rings. The molecule has 1 aliphatic carbocycles. The van der Waals surface area contributed by atoms with Gasteiger partial charge in [-0.15, -0.1) is 22.7 Å². The first-order valence-electron chi connectivity index (χ1n) is 10.2. The fraction of sp³-hybridized carbons (Fsp3) is 0.217. The molecule has 0 amide bonds. The van der Waals surface area contributed by atoms with Gasteiger partial charge in [-0.2, -0.15) is 0 Å². The Bertz CT molecular complexity index is 1470. The largest absolute Gasteiger partial charge is 0.352 e. The zero-order chi connectivity index (χ0) is 20.9. The first-order valence-corrected chi connectivity index (χ1v) is 12.0. The maximum atomic E-state index is 12.4. The Morgan fingerprint density at radius 3 is 2.74 bits per heavy atom. The van der Waals surface area contributed by atoms with Gasteiger partial charge in [0, 0.05) is 23.9 Å². The number of nitrogens with one attached hydrogen (secondary N) is 1. The lowest BCUT2D eigenvalue weighted by Gasteiger charge is -2.20. The minimum atomic E-state index is -0.0876. The number of hydrogen-bond donors (Lipinski definition) is 1. The molecule has 1 aliphatic rings. The van der Waals surface area contributed by atoms with Gasteiger partial charge >= 0.3 is 0 Å². The summed E-state index contributed by atoms with van der Waals surface area (Å²) in [5.41, 5.74) is 2.94. The van der Waals surface area contributed by atoms with Crippen LogP contribution in [-0.4, -0.2) is 27.0 Å². The number of rotatable bonds is 5. The van der Waals surface area contributed by atoms with Crippen molar-refractivity contribution >= 4 is 48.9 Å². The minimum Gasteiger partial charge on any atom is -0.352 e. The van der Waals surface area contributed by atoms with E-state index in [1.807, 2.05) is 36.7 Å². The van der Waals surface area contributed by atoms with Crippen LogP contribution in [0.5, 0.6) is 0 Å². The lowest BCUT2D eigenvalue weighted by molar-refractivity contribution is 0.818. The summed E-state index contributed by atoms with van der Waals surface area (Å²) in [6.45, 7) is 0.460. The third-order valence-electron chi connectivity index (χ3n) is 5.57. The summed E-state index contributed by atoms with van der Waals surface area (Å²) in [7, 11) is 2.00. The first kappa shape index (κ1) is 18.7. The van der Waals surface area contributed by atoms with Gasteiger partial charge in [0.25, 0.3) is 5.56 Å². The average molecular weight is 446 g/mol. The molecule has 0 aliphatic heterocycles. The van der Waals surface area contributed by atoms with E-state index in [-0.39, 0.29) is 5.56 Å². The summed E-state index contributed by atoms with van der Waals surface area (Å²) in [6.07, 6.45) is 2.30. The van der Waals surface area contributed by atoms with E-state index in [9.17, 15) is 4.79 Å².